The molecule has 5 rings (SSSR count). The Morgan fingerprint density at radius 1 is 0.966 bits per heavy atom. The molecule has 142 valence electrons. The van der Waals surface area contributed by atoms with E-state index < -0.39 is 5.82 Å². The Hall–Kier alpha value is -4.00. The quantitative estimate of drug-likeness (QED) is 0.504. The fourth-order valence-electron chi connectivity index (χ4n) is 3.65. The number of anilines is 1. The van der Waals surface area contributed by atoms with Gasteiger partial charge in [0.05, 0.1) is 16.6 Å². The number of aryl methyl sites for hydroxylation is 1. The van der Waals surface area contributed by atoms with Crippen molar-refractivity contribution in [1.29, 1.82) is 0 Å². The van der Waals surface area contributed by atoms with Crippen molar-refractivity contribution in [3.05, 3.63) is 84.6 Å². The Bertz CT molecular complexity index is 1370. The highest BCUT2D eigenvalue weighted by Crippen LogP contribution is 2.32. The van der Waals surface area contributed by atoms with Crippen molar-refractivity contribution in [3.63, 3.8) is 0 Å². The number of aromatic nitrogens is 4. The van der Waals surface area contributed by atoms with E-state index in [0.717, 1.165) is 21.9 Å². The van der Waals surface area contributed by atoms with Crippen molar-refractivity contribution < 1.29 is 9.18 Å². The molecule has 1 amide bonds. The highest BCUT2D eigenvalue weighted by atomic mass is 19.1. The Kier molecular flexibility index (Phi) is 3.87. The van der Waals surface area contributed by atoms with E-state index in [-0.39, 0.29) is 5.91 Å². The molecule has 0 aliphatic heterocycles. The molecule has 0 atom stereocenters. The van der Waals surface area contributed by atoms with E-state index in [4.69, 9.17) is 0 Å². The molecule has 0 saturated heterocycles. The van der Waals surface area contributed by atoms with Crippen LogP contribution in [0.2, 0.25) is 0 Å². The smallest absolute Gasteiger partial charge is 0.272 e. The monoisotopic (exact) mass is 385 g/mol. The van der Waals surface area contributed by atoms with Gasteiger partial charge in [-0.3, -0.25) is 9.36 Å². The molecule has 3 heterocycles. The van der Waals surface area contributed by atoms with Crippen LogP contribution >= 0.6 is 0 Å². The molecule has 0 unspecified atom stereocenters. The third-order valence-electron chi connectivity index (χ3n) is 4.93. The number of benzene rings is 2. The highest BCUT2D eigenvalue weighted by molar-refractivity contribution is 6.13. The summed E-state index contributed by atoms with van der Waals surface area (Å²) in [5.74, 6) is -0.396. The maximum Gasteiger partial charge on any atom is 0.272 e. The van der Waals surface area contributed by atoms with Gasteiger partial charge in [0.15, 0.2) is 0 Å². The van der Waals surface area contributed by atoms with Crippen molar-refractivity contribution in [2.45, 2.75) is 0 Å². The van der Waals surface area contributed by atoms with Gasteiger partial charge in [-0.25, -0.2) is 14.4 Å². The first-order valence-corrected chi connectivity index (χ1v) is 9.06. The number of amides is 1. The van der Waals surface area contributed by atoms with Crippen LogP contribution in [-0.4, -0.2) is 25.0 Å². The van der Waals surface area contributed by atoms with Crippen LogP contribution in [0.25, 0.3) is 27.9 Å². The van der Waals surface area contributed by atoms with Crippen molar-refractivity contribution in [3.8, 4) is 5.95 Å². The Balaban J connectivity index is 1.75. The molecule has 29 heavy (non-hydrogen) atoms. The topological polar surface area (TPSA) is 64.7 Å². The van der Waals surface area contributed by atoms with Crippen molar-refractivity contribution >= 4 is 33.5 Å². The number of fused-ring (bicyclic) bond motifs is 3. The minimum Gasteiger partial charge on any atom is -0.342 e. The van der Waals surface area contributed by atoms with Crippen LogP contribution in [-0.2, 0) is 7.05 Å². The molecular formula is C22H16FN5O. The summed E-state index contributed by atoms with van der Waals surface area (Å²) in [6, 6.07) is 17.3. The molecule has 0 saturated carbocycles. The van der Waals surface area contributed by atoms with Gasteiger partial charge < -0.3 is 9.88 Å². The van der Waals surface area contributed by atoms with Crippen LogP contribution in [0.4, 0.5) is 10.1 Å². The summed E-state index contributed by atoms with van der Waals surface area (Å²) >= 11 is 0. The van der Waals surface area contributed by atoms with Gasteiger partial charge in [0.25, 0.3) is 5.91 Å². The van der Waals surface area contributed by atoms with Gasteiger partial charge in [-0.05, 0) is 36.4 Å². The van der Waals surface area contributed by atoms with E-state index in [0.29, 0.717) is 17.3 Å². The van der Waals surface area contributed by atoms with E-state index in [2.05, 4.69) is 15.3 Å². The fraction of sp³-hybridized carbons (Fsp3) is 0.0455. The molecule has 0 radical (unpaired) electrons. The van der Waals surface area contributed by atoms with Gasteiger partial charge in [0, 0.05) is 30.5 Å². The zero-order valence-electron chi connectivity index (χ0n) is 15.5. The lowest BCUT2D eigenvalue weighted by atomic mass is 10.2. The largest absolute Gasteiger partial charge is 0.342 e. The van der Waals surface area contributed by atoms with Gasteiger partial charge in [0.1, 0.15) is 11.5 Å². The SMILES string of the molecule is Cn1c2ccccc2c2c1cc(C(=O)Nc1cccc(F)c1)n2-c1ncccn1. The third-order valence-corrected chi connectivity index (χ3v) is 4.93. The molecule has 0 aliphatic rings. The predicted octanol–water partition coefficient (Wildman–Crippen LogP) is 4.30. The zero-order chi connectivity index (χ0) is 20.0. The predicted molar refractivity (Wildman–Crippen MR) is 110 cm³/mol. The third kappa shape index (κ3) is 2.75. The van der Waals surface area contributed by atoms with Crippen LogP contribution in [0.1, 0.15) is 10.5 Å². The summed E-state index contributed by atoms with van der Waals surface area (Å²) in [6.07, 6.45) is 3.26. The number of hydrogen-bond acceptors (Lipinski definition) is 3. The minimum atomic E-state index is -0.416. The molecular weight excluding hydrogens is 369 g/mol. The lowest BCUT2D eigenvalue weighted by Gasteiger charge is -2.10. The second-order valence-corrected chi connectivity index (χ2v) is 6.69. The van der Waals surface area contributed by atoms with Gasteiger partial charge in [-0.2, -0.15) is 0 Å². The molecule has 0 fully saturated rings. The molecule has 1 N–H and O–H groups in total. The summed E-state index contributed by atoms with van der Waals surface area (Å²) in [7, 11) is 1.95. The molecule has 5 aromatic rings. The van der Waals surface area contributed by atoms with Gasteiger partial charge in [-0.1, -0.05) is 24.3 Å². The number of carbonyl (C=O) groups is 1. The van der Waals surface area contributed by atoms with Crippen LogP contribution in [0.3, 0.4) is 0 Å². The molecule has 3 aromatic heterocycles. The molecule has 6 nitrogen and oxygen atoms in total. The maximum absolute atomic E-state index is 13.5. The van der Waals surface area contributed by atoms with Crippen LogP contribution < -0.4 is 5.32 Å². The Labute approximate surface area is 165 Å². The molecule has 0 bridgehead atoms. The first-order valence-electron chi connectivity index (χ1n) is 9.06. The van der Waals surface area contributed by atoms with Crippen molar-refractivity contribution in [2.75, 3.05) is 5.32 Å². The number of halogens is 1. The Morgan fingerprint density at radius 2 is 1.76 bits per heavy atom. The molecule has 7 heteroatoms. The highest BCUT2D eigenvalue weighted by Gasteiger charge is 2.23. The lowest BCUT2D eigenvalue weighted by Crippen LogP contribution is -2.17. The van der Waals surface area contributed by atoms with E-state index in [9.17, 15) is 9.18 Å². The Morgan fingerprint density at radius 3 is 2.55 bits per heavy atom. The standard InChI is InChI=1S/C22H16FN5O/c1-27-17-9-3-2-8-16(17)20-18(27)13-19(28(20)22-24-10-5-11-25-22)21(29)26-15-7-4-6-14(23)12-15/h2-13H,1H3,(H,26,29). The second-order valence-electron chi connectivity index (χ2n) is 6.69. The number of rotatable bonds is 3. The first-order chi connectivity index (χ1) is 14.1. The normalized spacial score (nSPS) is 11.2. The maximum atomic E-state index is 13.5. The van der Waals surface area contributed by atoms with Crippen LogP contribution in [0.15, 0.2) is 73.1 Å². The van der Waals surface area contributed by atoms with E-state index in [1.165, 1.54) is 12.1 Å². The van der Waals surface area contributed by atoms with Gasteiger partial charge >= 0.3 is 0 Å². The lowest BCUT2D eigenvalue weighted by molar-refractivity contribution is 0.102. The second kappa shape index (κ2) is 6.56. The number of nitrogens with one attached hydrogen (secondary N) is 1. The number of hydrogen-bond donors (Lipinski definition) is 1. The van der Waals surface area contributed by atoms with Crippen LogP contribution in [0, 0.1) is 5.82 Å². The molecule has 0 spiro atoms. The number of para-hydroxylation sites is 1. The van der Waals surface area contributed by atoms with Gasteiger partial charge in [0.2, 0.25) is 5.95 Å². The average molecular weight is 385 g/mol. The van der Waals surface area contributed by atoms with Crippen molar-refractivity contribution in [1.82, 2.24) is 19.1 Å². The fourth-order valence-corrected chi connectivity index (χ4v) is 3.65. The molecule has 0 aliphatic carbocycles. The summed E-state index contributed by atoms with van der Waals surface area (Å²) in [5, 5.41) is 3.75. The summed E-state index contributed by atoms with van der Waals surface area (Å²) in [5.41, 5.74) is 3.51. The zero-order valence-corrected chi connectivity index (χ0v) is 15.5. The van der Waals surface area contributed by atoms with Gasteiger partial charge in [-0.15, -0.1) is 0 Å². The molecule has 2 aromatic carbocycles. The summed E-state index contributed by atoms with van der Waals surface area (Å²) in [6.45, 7) is 0. The number of carbonyl (C=O) groups excluding carboxylic acids is 1. The number of nitrogens with zero attached hydrogens (tertiary/aromatic N) is 4. The van der Waals surface area contributed by atoms with Crippen molar-refractivity contribution in [2.24, 2.45) is 7.05 Å². The minimum absolute atomic E-state index is 0.367. The summed E-state index contributed by atoms with van der Waals surface area (Å²) < 4.78 is 17.3. The van der Waals surface area contributed by atoms with E-state index in [1.807, 2.05) is 35.9 Å². The average Bonchev–Trinajstić information content (AvgIpc) is 3.26. The summed E-state index contributed by atoms with van der Waals surface area (Å²) in [4.78, 5) is 21.8. The van der Waals surface area contributed by atoms with E-state index in [1.54, 1.807) is 41.2 Å². The van der Waals surface area contributed by atoms with E-state index >= 15 is 0 Å². The van der Waals surface area contributed by atoms with Crippen LogP contribution in [0.5, 0.6) is 0 Å². The first kappa shape index (κ1) is 17.1.